The quantitative estimate of drug-likeness (QED) is 0.706. The maximum absolute atomic E-state index is 12.3. The lowest BCUT2D eigenvalue weighted by Crippen LogP contribution is -2.32. The molecule has 0 saturated heterocycles. The van der Waals surface area contributed by atoms with Gasteiger partial charge >= 0.3 is 5.97 Å². The maximum atomic E-state index is 12.3. The zero-order chi connectivity index (χ0) is 20.5. The number of benzene rings is 2. The first-order chi connectivity index (χ1) is 13.5. The van der Waals surface area contributed by atoms with Crippen LogP contribution in [-0.4, -0.2) is 38.0 Å². The number of carbonyl (C=O) groups excluding carboxylic acids is 3. The summed E-state index contributed by atoms with van der Waals surface area (Å²) in [5.74, 6) is -0.354. The number of nitrogens with zero attached hydrogens (tertiary/aromatic N) is 1. The van der Waals surface area contributed by atoms with E-state index >= 15 is 0 Å². The first-order valence-corrected chi connectivity index (χ1v) is 8.94. The Hall–Kier alpha value is -3.35. The van der Waals surface area contributed by atoms with E-state index in [0.29, 0.717) is 29.3 Å². The second kappa shape index (κ2) is 10.1. The van der Waals surface area contributed by atoms with Crippen LogP contribution in [0.2, 0.25) is 0 Å². The molecule has 28 heavy (non-hydrogen) atoms. The minimum absolute atomic E-state index is 0.0858. The fourth-order valence-electron chi connectivity index (χ4n) is 2.68. The van der Waals surface area contributed by atoms with E-state index in [1.165, 1.54) is 25.0 Å². The van der Waals surface area contributed by atoms with E-state index in [-0.39, 0.29) is 24.8 Å². The highest BCUT2D eigenvalue weighted by Crippen LogP contribution is 2.28. The molecule has 148 valence electrons. The predicted molar refractivity (Wildman–Crippen MR) is 107 cm³/mol. The van der Waals surface area contributed by atoms with Crippen molar-refractivity contribution in [1.82, 2.24) is 0 Å². The Kier molecular flexibility index (Phi) is 7.56. The van der Waals surface area contributed by atoms with Gasteiger partial charge in [-0.1, -0.05) is 18.2 Å². The van der Waals surface area contributed by atoms with E-state index in [2.05, 4.69) is 10.1 Å². The van der Waals surface area contributed by atoms with Crippen LogP contribution >= 0.6 is 0 Å². The number of anilines is 2. The number of methoxy groups -OCH3 is 1. The standard InChI is InChI=1S/C21H24N2O5/c1-4-28-19-11-6-5-10-18(19)23(15(2)24)13-12-20(25)22-17-9-7-8-16(14-17)21(26)27-3/h5-11,14H,4,12-13H2,1-3H3,(H,22,25). The third-order valence-electron chi connectivity index (χ3n) is 3.97. The molecule has 2 aromatic carbocycles. The Bertz CT molecular complexity index is 850. The fraction of sp³-hybridized carbons (Fsp3) is 0.286. The first kappa shape index (κ1) is 21.0. The third-order valence-corrected chi connectivity index (χ3v) is 3.97. The van der Waals surface area contributed by atoms with Crippen LogP contribution < -0.4 is 15.0 Å². The molecular formula is C21H24N2O5. The molecule has 0 saturated carbocycles. The predicted octanol–water partition coefficient (Wildman–Crippen LogP) is 3.25. The van der Waals surface area contributed by atoms with Crippen molar-refractivity contribution in [2.75, 3.05) is 30.5 Å². The number of hydrogen-bond donors (Lipinski definition) is 1. The van der Waals surface area contributed by atoms with Gasteiger partial charge in [0.25, 0.3) is 0 Å². The lowest BCUT2D eigenvalue weighted by atomic mass is 10.2. The first-order valence-electron chi connectivity index (χ1n) is 8.94. The minimum atomic E-state index is -0.480. The molecule has 0 unspecified atom stereocenters. The molecule has 2 rings (SSSR count). The third kappa shape index (κ3) is 5.57. The van der Waals surface area contributed by atoms with Gasteiger partial charge in [-0.05, 0) is 37.3 Å². The van der Waals surface area contributed by atoms with Crippen LogP contribution in [0.3, 0.4) is 0 Å². The largest absolute Gasteiger partial charge is 0.492 e. The second-order valence-corrected chi connectivity index (χ2v) is 5.94. The number of rotatable bonds is 8. The van der Waals surface area contributed by atoms with Crippen molar-refractivity contribution in [2.24, 2.45) is 0 Å². The van der Waals surface area contributed by atoms with Crippen molar-refractivity contribution in [1.29, 1.82) is 0 Å². The van der Waals surface area contributed by atoms with Gasteiger partial charge in [-0.2, -0.15) is 0 Å². The smallest absolute Gasteiger partial charge is 0.337 e. The average Bonchev–Trinajstić information content (AvgIpc) is 2.69. The molecule has 2 amide bonds. The fourth-order valence-corrected chi connectivity index (χ4v) is 2.68. The van der Waals surface area contributed by atoms with Gasteiger partial charge in [0, 0.05) is 25.6 Å². The number of carbonyl (C=O) groups is 3. The SMILES string of the molecule is CCOc1ccccc1N(CCC(=O)Nc1cccc(C(=O)OC)c1)C(C)=O. The van der Waals surface area contributed by atoms with E-state index < -0.39 is 5.97 Å². The monoisotopic (exact) mass is 384 g/mol. The molecule has 7 nitrogen and oxygen atoms in total. The minimum Gasteiger partial charge on any atom is -0.492 e. The molecule has 0 aromatic heterocycles. The number of esters is 1. The molecule has 0 radical (unpaired) electrons. The summed E-state index contributed by atoms with van der Waals surface area (Å²) in [7, 11) is 1.30. The Morgan fingerprint density at radius 3 is 2.50 bits per heavy atom. The maximum Gasteiger partial charge on any atom is 0.337 e. The summed E-state index contributed by atoms with van der Waals surface area (Å²) in [4.78, 5) is 37.5. The number of para-hydroxylation sites is 2. The molecule has 2 aromatic rings. The highest BCUT2D eigenvalue weighted by Gasteiger charge is 2.17. The van der Waals surface area contributed by atoms with Crippen LogP contribution in [0, 0.1) is 0 Å². The summed E-state index contributed by atoms with van der Waals surface area (Å²) in [6, 6.07) is 13.7. The Morgan fingerprint density at radius 2 is 1.82 bits per heavy atom. The number of amides is 2. The molecule has 0 heterocycles. The molecule has 0 spiro atoms. The molecule has 0 aliphatic carbocycles. The molecule has 7 heteroatoms. The van der Waals surface area contributed by atoms with E-state index in [1.807, 2.05) is 19.1 Å². The van der Waals surface area contributed by atoms with E-state index in [0.717, 1.165) is 0 Å². The van der Waals surface area contributed by atoms with Crippen LogP contribution in [0.5, 0.6) is 5.75 Å². The van der Waals surface area contributed by atoms with Crippen LogP contribution in [0.1, 0.15) is 30.6 Å². The van der Waals surface area contributed by atoms with Crippen molar-refractivity contribution >= 4 is 29.2 Å². The summed E-state index contributed by atoms with van der Waals surface area (Å²) < 4.78 is 10.3. The van der Waals surface area contributed by atoms with E-state index in [1.54, 1.807) is 30.3 Å². The van der Waals surface area contributed by atoms with E-state index in [4.69, 9.17) is 4.74 Å². The van der Waals surface area contributed by atoms with Gasteiger partial charge in [-0.3, -0.25) is 9.59 Å². The molecule has 0 atom stereocenters. The Morgan fingerprint density at radius 1 is 1.07 bits per heavy atom. The molecular weight excluding hydrogens is 360 g/mol. The van der Waals surface area contributed by atoms with Crippen LogP contribution in [0.4, 0.5) is 11.4 Å². The Balaban J connectivity index is 2.05. The normalized spacial score (nSPS) is 10.1. The molecule has 0 aliphatic rings. The van der Waals surface area contributed by atoms with Gasteiger partial charge in [-0.25, -0.2) is 4.79 Å². The summed E-state index contributed by atoms with van der Waals surface area (Å²) in [6.45, 7) is 3.98. The zero-order valence-electron chi connectivity index (χ0n) is 16.2. The summed E-state index contributed by atoms with van der Waals surface area (Å²) in [5, 5.41) is 2.73. The second-order valence-electron chi connectivity index (χ2n) is 5.94. The van der Waals surface area contributed by atoms with Gasteiger partial charge in [-0.15, -0.1) is 0 Å². The zero-order valence-corrected chi connectivity index (χ0v) is 16.2. The topological polar surface area (TPSA) is 84.9 Å². The lowest BCUT2D eigenvalue weighted by Gasteiger charge is -2.23. The highest BCUT2D eigenvalue weighted by molar-refractivity contribution is 5.97. The summed E-state index contributed by atoms with van der Waals surface area (Å²) in [6.07, 6.45) is 0.0858. The van der Waals surface area contributed by atoms with Crippen molar-refractivity contribution in [3.05, 3.63) is 54.1 Å². The van der Waals surface area contributed by atoms with Gasteiger partial charge in [0.05, 0.1) is 25.0 Å². The average molecular weight is 384 g/mol. The van der Waals surface area contributed by atoms with Crippen molar-refractivity contribution in [3.8, 4) is 5.75 Å². The van der Waals surface area contributed by atoms with Crippen LogP contribution in [0.15, 0.2) is 48.5 Å². The molecule has 1 N–H and O–H groups in total. The van der Waals surface area contributed by atoms with Crippen molar-refractivity contribution < 1.29 is 23.9 Å². The van der Waals surface area contributed by atoms with Crippen molar-refractivity contribution in [3.63, 3.8) is 0 Å². The van der Waals surface area contributed by atoms with Gasteiger partial charge < -0.3 is 19.7 Å². The van der Waals surface area contributed by atoms with Crippen molar-refractivity contribution in [2.45, 2.75) is 20.3 Å². The number of hydrogen-bond acceptors (Lipinski definition) is 5. The van der Waals surface area contributed by atoms with Crippen LogP contribution in [0.25, 0.3) is 0 Å². The van der Waals surface area contributed by atoms with Crippen LogP contribution in [-0.2, 0) is 14.3 Å². The number of nitrogens with one attached hydrogen (secondary N) is 1. The highest BCUT2D eigenvalue weighted by atomic mass is 16.5. The molecule has 0 aliphatic heterocycles. The lowest BCUT2D eigenvalue weighted by molar-refractivity contribution is -0.117. The number of ether oxygens (including phenoxy) is 2. The Labute approximate surface area is 164 Å². The molecule has 0 bridgehead atoms. The van der Waals surface area contributed by atoms with Gasteiger partial charge in [0.1, 0.15) is 5.75 Å². The van der Waals surface area contributed by atoms with Gasteiger partial charge in [0.15, 0.2) is 0 Å². The van der Waals surface area contributed by atoms with E-state index in [9.17, 15) is 14.4 Å². The summed E-state index contributed by atoms with van der Waals surface area (Å²) >= 11 is 0. The molecule has 0 fully saturated rings. The van der Waals surface area contributed by atoms with Gasteiger partial charge in [0.2, 0.25) is 11.8 Å². The summed E-state index contributed by atoms with van der Waals surface area (Å²) in [5.41, 5.74) is 1.45.